The number of aromatic nitrogens is 3. The Hall–Kier alpha value is -1.68. The summed E-state index contributed by atoms with van der Waals surface area (Å²) < 4.78 is 0. The van der Waals surface area contributed by atoms with E-state index >= 15 is 0 Å². The van der Waals surface area contributed by atoms with Gasteiger partial charge in [-0.05, 0) is 31.4 Å². The van der Waals surface area contributed by atoms with Crippen molar-refractivity contribution in [2.24, 2.45) is 0 Å². The maximum Gasteiger partial charge on any atom is 0.129 e. The minimum absolute atomic E-state index is 0.524. The molecule has 4 nitrogen and oxygen atoms in total. The summed E-state index contributed by atoms with van der Waals surface area (Å²) >= 11 is 5.75. The van der Waals surface area contributed by atoms with Crippen molar-refractivity contribution in [3.63, 3.8) is 0 Å². The van der Waals surface area contributed by atoms with E-state index in [9.17, 15) is 0 Å². The SMILES string of the molecule is CCc1cc(NCCc2ccc(Cl)nc2)nc(C)n1. The van der Waals surface area contributed by atoms with Crippen LogP contribution >= 0.6 is 11.6 Å². The molecule has 0 atom stereocenters. The number of nitrogens with zero attached hydrogens (tertiary/aromatic N) is 3. The molecule has 0 aliphatic heterocycles. The van der Waals surface area contributed by atoms with Crippen LogP contribution in [0.3, 0.4) is 0 Å². The zero-order valence-electron chi connectivity index (χ0n) is 11.2. The summed E-state index contributed by atoms with van der Waals surface area (Å²) in [5.41, 5.74) is 2.21. The Morgan fingerprint density at radius 2 is 2.11 bits per heavy atom. The van der Waals surface area contributed by atoms with Crippen molar-refractivity contribution in [1.82, 2.24) is 15.0 Å². The topological polar surface area (TPSA) is 50.7 Å². The molecule has 0 saturated heterocycles. The fraction of sp³-hybridized carbons (Fsp3) is 0.357. The van der Waals surface area contributed by atoms with Gasteiger partial charge in [-0.25, -0.2) is 15.0 Å². The molecule has 0 saturated carbocycles. The van der Waals surface area contributed by atoms with Crippen molar-refractivity contribution in [1.29, 1.82) is 0 Å². The summed E-state index contributed by atoms with van der Waals surface area (Å²) in [5.74, 6) is 1.68. The molecule has 5 heteroatoms. The molecule has 0 radical (unpaired) electrons. The second-order valence-electron chi connectivity index (χ2n) is 4.31. The Bertz CT molecular complexity index is 540. The number of pyridine rings is 1. The largest absolute Gasteiger partial charge is 0.370 e. The average Bonchev–Trinajstić information content (AvgIpc) is 2.40. The van der Waals surface area contributed by atoms with E-state index in [1.165, 1.54) is 0 Å². The Morgan fingerprint density at radius 1 is 1.26 bits per heavy atom. The molecular formula is C14H17ClN4. The van der Waals surface area contributed by atoms with Gasteiger partial charge in [0.1, 0.15) is 16.8 Å². The van der Waals surface area contributed by atoms with E-state index in [1.807, 2.05) is 19.1 Å². The maximum atomic E-state index is 5.75. The number of hydrogen-bond donors (Lipinski definition) is 1. The molecule has 0 aliphatic rings. The molecule has 0 aliphatic carbocycles. The highest BCUT2D eigenvalue weighted by Gasteiger charge is 2.00. The first-order valence-electron chi connectivity index (χ1n) is 6.36. The van der Waals surface area contributed by atoms with Gasteiger partial charge in [-0.1, -0.05) is 24.6 Å². The lowest BCUT2D eigenvalue weighted by atomic mass is 10.2. The quantitative estimate of drug-likeness (QED) is 0.853. The van der Waals surface area contributed by atoms with E-state index in [0.717, 1.165) is 42.3 Å². The molecule has 0 aromatic carbocycles. The van der Waals surface area contributed by atoms with Crippen LogP contribution in [-0.4, -0.2) is 21.5 Å². The molecule has 2 rings (SSSR count). The van der Waals surface area contributed by atoms with Crippen LogP contribution in [0.4, 0.5) is 5.82 Å². The first-order valence-corrected chi connectivity index (χ1v) is 6.74. The van der Waals surface area contributed by atoms with Crippen molar-refractivity contribution in [2.45, 2.75) is 26.7 Å². The molecule has 2 heterocycles. The predicted molar refractivity (Wildman–Crippen MR) is 77.6 cm³/mol. The zero-order chi connectivity index (χ0) is 13.7. The predicted octanol–water partition coefficient (Wildman–Crippen LogP) is 3.05. The summed E-state index contributed by atoms with van der Waals surface area (Å²) in [4.78, 5) is 12.8. The number of aryl methyl sites for hydroxylation is 2. The van der Waals surface area contributed by atoms with Gasteiger partial charge in [0.15, 0.2) is 0 Å². The minimum Gasteiger partial charge on any atom is -0.370 e. The summed E-state index contributed by atoms with van der Waals surface area (Å²) in [5, 5.41) is 3.84. The van der Waals surface area contributed by atoms with Gasteiger partial charge in [-0.15, -0.1) is 0 Å². The summed E-state index contributed by atoms with van der Waals surface area (Å²) in [7, 11) is 0. The second-order valence-corrected chi connectivity index (χ2v) is 4.70. The maximum absolute atomic E-state index is 5.75. The fourth-order valence-corrected chi connectivity index (χ4v) is 1.90. The van der Waals surface area contributed by atoms with Crippen molar-refractivity contribution >= 4 is 17.4 Å². The van der Waals surface area contributed by atoms with Crippen LogP contribution in [0.1, 0.15) is 24.0 Å². The first kappa shape index (κ1) is 13.7. The van der Waals surface area contributed by atoms with Gasteiger partial charge in [0.2, 0.25) is 0 Å². The molecule has 0 fully saturated rings. The van der Waals surface area contributed by atoms with Gasteiger partial charge in [-0.3, -0.25) is 0 Å². The number of halogens is 1. The number of hydrogen-bond acceptors (Lipinski definition) is 4. The number of nitrogens with one attached hydrogen (secondary N) is 1. The van der Waals surface area contributed by atoms with Crippen LogP contribution in [0.15, 0.2) is 24.4 Å². The van der Waals surface area contributed by atoms with E-state index < -0.39 is 0 Å². The molecular weight excluding hydrogens is 260 g/mol. The van der Waals surface area contributed by atoms with Crippen LogP contribution in [0.2, 0.25) is 5.15 Å². The van der Waals surface area contributed by atoms with Gasteiger partial charge in [0.05, 0.1) is 0 Å². The Labute approximate surface area is 118 Å². The standard InChI is InChI=1S/C14H17ClN4/c1-3-12-8-14(19-10(2)18-12)16-7-6-11-4-5-13(15)17-9-11/h4-5,8-9H,3,6-7H2,1-2H3,(H,16,18,19). The monoisotopic (exact) mass is 276 g/mol. The summed E-state index contributed by atoms with van der Waals surface area (Å²) in [6.07, 6.45) is 3.60. The van der Waals surface area contributed by atoms with Crippen molar-refractivity contribution < 1.29 is 0 Å². The zero-order valence-corrected chi connectivity index (χ0v) is 11.9. The Balaban J connectivity index is 1.92. The lowest BCUT2D eigenvalue weighted by Gasteiger charge is -2.07. The summed E-state index contributed by atoms with van der Waals surface area (Å²) in [6.45, 7) is 4.81. The molecule has 1 N–H and O–H groups in total. The Morgan fingerprint density at radius 3 is 2.79 bits per heavy atom. The first-order chi connectivity index (χ1) is 9.17. The molecule has 0 amide bonds. The van der Waals surface area contributed by atoms with E-state index in [4.69, 9.17) is 11.6 Å². The van der Waals surface area contributed by atoms with E-state index in [-0.39, 0.29) is 0 Å². The van der Waals surface area contributed by atoms with Crippen molar-refractivity contribution in [2.75, 3.05) is 11.9 Å². The van der Waals surface area contributed by atoms with Crippen molar-refractivity contribution in [3.8, 4) is 0 Å². The van der Waals surface area contributed by atoms with Gasteiger partial charge in [0.25, 0.3) is 0 Å². The third-order valence-corrected chi connectivity index (χ3v) is 2.99. The fourth-order valence-electron chi connectivity index (χ4n) is 1.79. The lowest BCUT2D eigenvalue weighted by molar-refractivity contribution is 0.930. The Kier molecular flexibility index (Phi) is 4.68. The van der Waals surface area contributed by atoms with E-state index in [2.05, 4.69) is 27.2 Å². The number of rotatable bonds is 5. The lowest BCUT2D eigenvalue weighted by Crippen LogP contribution is -2.08. The molecule has 100 valence electrons. The molecule has 2 aromatic rings. The van der Waals surface area contributed by atoms with E-state index in [0.29, 0.717) is 5.15 Å². The van der Waals surface area contributed by atoms with Gasteiger partial charge >= 0.3 is 0 Å². The van der Waals surface area contributed by atoms with Gasteiger partial charge in [-0.2, -0.15) is 0 Å². The smallest absolute Gasteiger partial charge is 0.129 e. The number of anilines is 1. The highest BCUT2D eigenvalue weighted by Crippen LogP contribution is 2.09. The van der Waals surface area contributed by atoms with Gasteiger partial charge < -0.3 is 5.32 Å². The third-order valence-electron chi connectivity index (χ3n) is 2.76. The molecule has 2 aromatic heterocycles. The highest BCUT2D eigenvalue weighted by molar-refractivity contribution is 6.29. The third kappa shape index (κ3) is 4.17. The van der Waals surface area contributed by atoms with Crippen LogP contribution in [0, 0.1) is 6.92 Å². The van der Waals surface area contributed by atoms with Crippen LogP contribution in [0.25, 0.3) is 0 Å². The molecule has 0 unspecified atom stereocenters. The van der Waals surface area contributed by atoms with Crippen LogP contribution in [-0.2, 0) is 12.8 Å². The molecule has 0 bridgehead atoms. The normalized spacial score (nSPS) is 10.5. The molecule has 19 heavy (non-hydrogen) atoms. The summed E-state index contributed by atoms with van der Waals surface area (Å²) in [6, 6.07) is 5.79. The van der Waals surface area contributed by atoms with Crippen molar-refractivity contribution in [3.05, 3.63) is 46.6 Å². The van der Waals surface area contributed by atoms with Crippen LogP contribution in [0.5, 0.6) is 0 Å². The van der Waals surface area contributed by atoms with E-state index in [1.54, 1.807) is 12.3 Å². The molecule has 0 spiro atoms. The highest BCUT2D eigenvalue weighted by atomic mass is 35.5. The second kappa shape index (κ2) is 6.48. The van der Waals surface area contributed by atoms with Crippen LogP contribution < -0.4 is 5.32 Å². The van der Waals surface area contributed by atoms with Gasteiger partial charge in [0, 0.05) is 24.5 Å². The minimum atomic E-state index is 0.524. The average molecular weight is 277 g/mol.